The molecule has 0 spiro atoms. The van der Waals surface area contributed by atoms with Crippen molar-refractivity contribution in [3.05, 3.63) is 34.9 Å². The van der Waals surface area contributed by atoms with Gasteiger partial charge in [0.15, 0.2) is 0 Å². The minimum atomic E-state index is -0.975. The average molecular weight is 296 g/mol. The van der Waals surface area contributed by atoms with Gasteiger partial charge in [-0.1, -0.05) is 61.9 Å². The Kier molecular flexibility index (Phi) is 5.11. The van der Waals surface area contributed by atoms with Crippen molar-refractivity contribution in [3.8, 4) is 0 Å². The molecular weight excluding hydrogens is 270 g/mol. The molecule has 112 valence electrons. The highest BCUT2D eigenvalue weighted by Crippen LogP contribution is 2.49. The van der Waals surface area contributed by atoms with Crippen molar-refractivity contribution >= 4 is 11.6 Å². The van der Waals surface area contributed by atoms with E-state index in [1.54, 1.807) is 0 Å². The van der Waals surface area contributed by atoms with Crippen LogP contribution in [0.1, 0.15) is 57.4 Å². The highest BCUT2D eigenvalue weighted by atomic mass is 35.5. The van der Waals surface area contributed by atoms with E-state index in [9.17, 15) is 5.11 Å². The summed E-state index contributed by atoms with van der Waals surface area (Å²) in [7, 11) is 0. The monoisotopic (exact) mass is 295 g/mol. The van der Waals surface area contributed by atoms with Crippen LogP contribution in [0.25, 0.3) is 0 Å². The zero-order valence-electron chi connectivity index (χ0n) is 12.4. The first kappa shape index (κ1) is 15.8. The van der Waals surface area contributed by atoms with Gasteiger partial charge < -0.3 is 10.8 Å². The van der Waals surface area contributed by atoms with E-state index in [-0.39, 0.29) is 5.41 Å². The van der Waals surface area contributed by atoms with E-state index in [4.69, 9.17) is 17.3 Å². The van der Waals surface area contributed by atoms with E-state index in [1.807, 2.05) is 31.2 Å². The zero-order valence-corrected chi connectivity index (χ0v) is 13.1. The Balaban J connectivity index is 2.39. The van der Waals surface area contributed by atoms with Gasteiger partial charge in [0.05, 0.1) is 5.60 Å². The summed E-state index contributed by atoms with van der Waals surface area (Å²) in [5.41, 5.74) is 5.70. The Hall–Kier alpha value is -0.570. The molecule has 1 aliphatic rings. The van der Waals surface area contributed by atoms with Crippen molar-refractivity contribution in [2.24, 2.45) is 11.1 Å². The van der Waals surface area contributed by atoms with Crippen LogP contribution >= 0.6 is 11.6 Å². The molecule has 1 aromatic rings. The summed E-state index contributed by atoms with van der Waals surface area (Å²) in [6.07, 6.45) is 7.99. The predicted octanol–water partition coefficient (Wildman–Crippen LogP) is 4.24. The maximum atomic E-state index is 11.3. The van der Waals surface area contributed by atoms with Crippen molar-refractivity contribution in [2.75, 3.05) is 6.54 Å². The van der Waals surface area contributed by atoms with Crippen LogP contribution in [-0.2, 0) is 5.60 Å². The fourth-order valence-corrected chi connectivity index (χ4v) is 3.93. The van der Waals surface area contributed by atoms with E-state index in [2.05, 4.69) is 0 Å². The lowest BCUT2D eigenvalue weighted by molar-refractivity contribution is -0.0863. The zero-order chi connectivity index (χ0) is 14.6. The Morgan fingerprint density at radius 1 is 1.15 bits per heavy atom. The molecule has 0 amide bonds. The maximum Gasteiger partial charge on any atom is 0.0950 e. The van der Waals surface area contributed by atoms with Crippen LogP contribution in [-0.4, -0.2) is 11.7 Å². The van der Waals surface area contributed by atoms with Gasteiger partial charge in [-0.3, -0.25) is 0 Å². The quantitative estimate of drug-likeness (QED) is 0.876. The highest BCUT2D eigenvalue weighted by Gasteiger charge is 2.47. The molecule has 2 nitrogen and oxygen atoms in total. The number of aliphatic hydroxyl groups is 1. The molecule has 1 atom stereocenters. The summed E-state index contributed by atoms with van der Waals surface area (Å²) in [5.74, 6) is 0. The van der Waals surface area contributed by atoms with Gasteiger partial charge in [-0.15, -0.1) is 0 Å². The lowest BCUT2D eigenvalue weighted by atomic mass is 9.63. The molecule has 0 aromatic heterocycles. The van der Waals surface area contributed by atoms with Crippen molar-refractivity contribution in [1.82, 2.24) is 0 Å². The van der Waals surface area contributed by atoms with E-state index < -0.39 is 5.60 Å². The summed E-state index contributed by atoms with van der Waals surface area (Å²) in [4.78, 5) is 0. The first-order valence-electron chi connectivity index (χ1n) is 7.71. The molecule has 0 saturated heterocycles. The minimum absolute atomic E-state index is 0.265. The fraction of sp³-hybridized carbons (Fsp3) is 0.647. The van der Waals surface area contributed by atoms with Gasteiger partial charge in [0.1, 0.15) is 0 Å². The number of hydrogen-bond acceptors (Lipinski definition) is 2. The van der Waals surface area contributed by atoms with Gasteiger partial charge >= 0.3 is 0 Å². The molecule has 0 aliphatic heterocycles. The summed E-state index contributed by atoms with van der Waals surface area (Å²) in [5, 5.41) is 11.9. The fourth-order valence-electron chi connectivity index (χ4n) is 3.61. The number of halogens is 1. The summed E-state index contributed by atoms with van der Waals surface area (Å²) in [6, 6.07) is 7.61. The van der Waals surface area contributed by atoms with E-state index >= 15 is 0 Å². The Labute approximate surface area is 127 Å². The van der Waals surface area contributed by atoms with Crippen LogP contribution < -0.4 is 5.73 Å². The lowest BCUT2D eigenvalue weighted by Gasteiger charge is -2.46. The van der Waals surface area contributed by atoms with Gasteiger partial charge in [0, 0.05) is 22.5 Å². The van der Waals surface area contributed by atoms with Crippen molar-refractivity contribution in [1.29, 1.82) is 0 Å². The van der Waals surface area contributed by atoms with E-state index in [1.165, 1.54) is 19.3 Å². The highest BCUT2D eigenvalue weighted by molar-refractivity contribution is 6.31. The Morgan fingerprint density at radius 2 is 1.70 bits per heavy atom. The number of rotatable bonds is 3. The van der Waals surface area contributed by atoms with Gasteiger partial charge in [-0.25, -0.2) is 0 Å². The molecule has 3 heteroatoms. The molecule has 0 bridgehead atoms. The van der Waals surface area contributed by atoms with Gasteiger partial charge in [-0.05, 0) is 25.8 Å². The van der Waals surface area contributed by atoms with Crippen LogP contribution in [0.4, 0.5) is 0 Å². The molecule has 0 heterocycles. The molecular formula is C17H26ClNO. The van der Waals surface area contributed by atoms with Crippen molar-refractivity contribution in [3.63, 3.8) is 0 Å². The number of nitrogens with two attached hydrogens (primary N) is 1. The van der Waals surface area contributed by atoms with Crippen LogP contribution in [0, 0.1) is 5.41 Å². The molecule has 1 aromatic carbocycles. The SMILES string of the molecule is CC(O)(c1ccccc1Cl)C1(CN)CCCCCCC1. The van der Waals surface area contributed by atoms with Crippen LogP contribution in [0.5, 0.6) is 0 Å². The van der Waals surface area contributed by atoms with Crippen LogP contribution in [0.2, 0.25) is 5.02 Å². The molecule has 20 heavy (non-hydrogen) atoms. The molecule has 1 saturated carbocycles. The normalized spacial score (nSPS) is 22.6. The standard InChI is InChI=1S/C17H26ClNO/c1-16(20,14-9-5-6-10-15(14)18)17(13-19)11-7-3-2-4-8-12-17/h5-6,9-10,20H,2-4,7-8,11-13,19H2,1H3. The van der Waals surface area contributed by atoms with Crippen molar-refractivity contribution in [2.45, 2.75) is 57.5 Å². The summed E-state index contributed by atoms with van der Waals surface area (Å²) >= 11 is 6.32. The third-order valence-electron chi connectivity index (χ3n) is 5.13. The smallest absolute Gasteiger partial charge is 0.0950 e. The third kappa shape index (κ3) is 2.88. The largest absolute Gasteiger partial charge is 0.385 e. The van der Waals surface area contributed by atoms with Crippen LogP contribution in [0.15, 0.2) is 24.3 Å². The molecule has 1 aliphatic carbocycles. The van der Waals surface area contributed by atoms with Gasteiger partial charge in [0.2, 0.25) is 0 Å². The van der Waals surface area contributed by atoms with E-state index in [0.29, 0.717) is 11.6 Å². The molecule has 3 N–H and O–H groups in total. The lowest BCUT2D eigenvalue weighted by Crippen LogP contribution is -2.49. The molecule has 1 fully saturated rings. The predicted molar refractivity (Wildman–Crippen MR) is 84.8 cm³/mol. The average Bonchev–Trinajstić information content (AvgIpc) is 2.39. The Bertz CT molecular complexity index is 436. The molecule has 0 radical (unpaired) electrons. The minimum Gasteiger partial charge on any atom is -0.385 e. The molecule has 1 unspecified atom stereocenters. The second-order valence-electron chi connectivity index (χ2n) is 6.30. The number of hydrogen-bond donors (Lipinski definition) is 2. The second-order valence-corrected chi connectivity index (χ2v) is 6.71. The number of benzene rings is 1. The topological polar surface area (TPSA) is 46.2 Å². The van der Waals surface area contributed by atoms with Crippen molar-refractivity contribution < 1.29 is 5.11 Å². The van der Waals surface area contributed by atoms with Gasteiger partial charge in [-0.2, -0.15) is 0 Å². The van der Waals surface area contributed by atoms with E-state index in [0.717, 1.165) is 31.2 Å². The Morgan fingerprint density at radius 3 is 2.25 bits per heavy atom. The molecule has 2 rings (SSSR count). The first-order valence-corrected chi connectivity index (χ1v) is 8.09. The first-order chi connectivity index (χ1) is 9.53. The third-order valence-corrected chi connectivity index (χ3v) is 5.46. The summed E-state index contributed by atoms with van der Waals surface area (Å²) < 4.78 is 0. The maximum absolute atomic E-state index is 11.3. The van der Waals surface area contributed by atoms with Crippen LogP contribution in [0.3, 0.4) is 0 Å². The van der Waals surface area contributed by atoms with Gasteiger partial charge in [0.25, 0.3) is 0 Å². The second kappa shape index (κ2) is 6.46. The summed E-state index contributed by atoms with van der Waals surface area (Å²) in [6.45, 7) is 2.40.